The van der Waals surface area contributed by atoms with Gasteiger partial charge in [0.15, 0.2) is 0 Å². The summed E-state index contributed by atoms with van der Waals surface area (Å²) in [5.74, 6) is 0. The van der Waals surface area contributed by atoms with E-state index in [1.807, 2.05) is 36.5 Å². The van der Waals surface area contributed by atoms with E-state index in [2.05, 4.69) is 20.3 Å². The number of aromatic amines is 1. The molecular weight excluding hydrogens is 190 g/mol. The molecule has 3 heterocycles. The van der Waals surface area contributed by atoms with Crippen molar-refractivity contribution in [1.29, 1.82) is 0 Å². The molecule has 0 unspecified atom stereocenters. The first-order valence-corrected chi connectivity index (χ1v) is 4.61. The van der Waals surface area contributed by atoms with Crippen LogP contribution in [0, 0.1) is 0 Å². The van der Waals surface area contributed by atoms with E-state index in [1.54, 1.807) is 6.20 Å². The summed E-state index contributed by atoms with van der Waals surface area (Å²) in [6.45, 7) is 0. The second-order valence-electron chi connectivity index (χ2n) is 3.38. The minimum atomic E-state index is 1.02. The predicted octanol–water partition coefficient (Wildman–Crippen LogP) is 1.36. The van der Waals surface area contributed by atoms with Gasteiger partial charge in [0.25, 0.3) is 0 Å². The van der Waals surface area contributed by atoms with E-state index in [0.29, 0.717) is 0 Å². The second kappa shape index (κ2) is 2.91. The number of hydrogen-bond acceptors (Lipinski definition) is 3. The van der Waals surface area contributed by atoms with Crippen molar-refractivity contribution in [2.24, 2.45) is 7.05 Å². The zero-order valence-electron chi connectivity index (χ0n) is 8.18. The lowest BCUT2D eigenvalue weighted by atomic mass is 10.1. The number of aryl methyl sites for hydroxylation is 1. The highest BCUT2D eigenvalue weighted by Crippen LogP contribution is 2.25. The fourth-order valence-electron chi connectivity index (χ4n) is 1.69. The summed E-state index contributed by atoms with van der Waals surface area (Å²) in [6.07, 6.45) is 9.12. The van der Waals surface area contributed by atoms with Gasteiger partial charge in [-0.15, -0.1) is 0 Å². The summed E-state index contributed by atoms with van der Waals surface area (Å²) in [5, 5.41) is 12.0. The number of hydrogen-bond donors (Lipinski definition) is 1. The van der Waals surface area contributed by atoms with Crippen LogP contribution in [0.25, 0.3) is 22.0 Å². The molecule has 3 aromatic heterocycles. The summed E-state index contributed by atoms with van der Waals surface area (Å²) >= 11 is 0. The third-order valence-electron chi connectivity index (χ3n) is 2.48. The van der Waals surface area contributed by atoms with Gasteiger partial charge in [-0.3, -0.25) is 14.8 Å². The summed E-state index contributed by atoms with van der Waals surface area (Å²) in [6, 6.07) is 0. The molecule has 0 aliphatic carbocycles. The van der Waals surface area contributed by atoms with Crippen LogP contribution in [0.5, 0.6) is 0 Å². The maximum absolute atomic E-state index is 4.21. The quantitative estimate of drug-likeness (QED) is 0.643. The van der Waals surface area contributed by atoms with E-state index in [1.165, 1.54) is 0 Å². The standard InChI is InChI=1S/C10H9N5/c1-15-10-6-11-4-8(9(10)5-14-15)7-2-12-13-3-7/h2-6H,1H3,(H,12,13). The molecule has 0 saturated heterocycles. The summed E-state index contributed by atoms with van der Waals surface area (Å²) in [5.41, 5.74) is 3.10. The first kappa shape index (κ1) is 8.16. The van der Waals surface area contributed by atoms with Crippen LogP contribution < -0.4 is 0 Å². The van der Waals surface area contributed by atoms with Crippen LogP contribution in [0.4, 0.5) is 0 Å². The van der Waals surface area contributed by atoms with Crippen molar-refractivity contribution in [1.82, 2.24) is 25.0 Å². The molecule has 15 heavy (non-hydrogen) atoms. The number of nitrogens with one attached hydrogen (secondary N) is 1. The summed E-state index contributed by atoms with van der Waals surface area (Å²) < 4.78 is 1.81. The van der Waals surface area contributed by atoms with Crippen LogP contribution in [-0.2, 0) is 7.05 Å². The van der Waals surface area contributed by atoms with Gasteiger partial charge in [0.05, 0.1) is 24.1 Å². The van der Waals surface area contributed by atoms with Crippen LogP contribution in [-0.4, -0.2) is 25.0 Å². The number of fused-ring (bicyclic) bond motifs is 1. The first-order chi connectivity index (χ1) is 7.36. The lowest BCUT2D eigenvalue weighted by Gasteiger charge is -1.98. The van der Waals surface area contributed by atoms with Gasteiger partial charge in [0.2, 0.25) is 0 Å². The van der Waals surface area contributed by atoms with E-state index in [0.717, 1.165) is 22.0 Å². The van der Waals surface area contributed by atoms with Gasteiger partial charge in [-0.1, -0.05) is 0 Å². The van der Waals surface area contributed by atoms with E-state index >= 15 is 0 Å². The van der Waals surface area contributed by atoms with Crippen molar-refractivity contribution in [3.05, 3.63) is 31.0 Å². The Morgan fingerprint density at radius 2 is 2.13 bits per heavy atom. The Hall–Kier alpha value is -2.17. The Bertz CT molecular complexity index is 593. The number of H-pyrrole nitrogens is 1. The van der Waals surface area contributed by atoms with E-state index in [-0.39, 0.29) is 0 Å². The Labute approximate surface area is 85.8 Å². The highest BCUT2D eigenvalue weighted by Gasteiger charge is 2.07. The molecule has 0 aromatic carbocycles. The van der Waals surface area contributed by atoms with Crippen molar-refractivity contribution in [3.8, 4) is 11.1 Å². The molecule has 5 nitrogen and oxygen atoms in total. The predicted molar refractivity (Wildman–Crippen MR) is 56.1 cm³/mol. The molecule has 3 rings (SSSR count). The molecule has 0 spiro atoms. The topological polar surface area (TPSA) is 59.4 Å². The van der Waals surface area contributed by atoms with Gasteiger partial charge >= 0.3 is 0 Å². The lowest BCUT2D eigenvalue weighted by molar-refractivity contribution is 0.795. The number of aromatic nitrogens is 5. The Morgan fingerprint density at radius 3 is 2.93 bits per heavy atom. The summed E-state index contributed by atoms with van der Waals surface area (Å²) in [7, 11) is 1.91. The molecule has 0 atom stereocenters. The first-order valence-electron chi connectivity index (χ1n) is 4.61. The van der Waals surface area contributed by atoms with Gasteiger partial charge in [-0.05, 0) is 0 Å². The maximum atomic E-state index is 4.21. The molecule has 74 valence electrons. The maximum Gasteiger partial charge on any atom is 0.0868 e. The lowest BCUT2D eigenvalue weighted by Crippen LogP contribution is -1.89. The Kier molecular flexibility index (Phi) is 1.58. The molecule has 0 bridgehead atoms. The fourth-order valence-corrected chi connectivity index (χ4v) is 1.69. The molecule has 0 radical (unpaired) electrons. The molecule has 1 N–H and O–H groups in total. The largest absolute Gasteiger partial charge is 0.285 e. The van der Waals surface area contributed by atoms with Crippen LogP contribution in [0.3, 0.4) is 0 Å². The van der Waals surface area contributed by atoms with Crippen molar-refractivity contribution in [3.63, 3.8) is 0 Å². The number of nitrogens with zero attached hydrogens (tertiary/aromatic N) is 4. The normalized spacial score (nSPS) is 11.0. The van der Waals surface area contributed by atoms with Crippen LogP contribution in [0.1, 0.15) is 0 Å². The smallest absolute Gasteiger partial charge is 0.0868 e. The average molecular weight is 199 g/mol. The zero-order valence-corrected chi connectivity index (χ0v) is 8.18. The van der Waals surface area contributed by atoms with Crippen molar-refractivity contribution < 1.29 is 0 Å². The second-order valence-corrected chi connectivity index (χ2v) is 3.38. The van der Waals surface area contributed by atoms with Gasteiger partial charge in [-0.2, -0.15) is 10.2 Å². The monoisotopic (exact) mass is 199 g/mol. The van der Waals surface area contributed by atoms with Crippen LogP contribution >= 0.6 is 0 Å². The molecule has 0 amide bonds. The molecule has 3 aromatic rings. The van der Waals surface area contributed by atoms with Gasteiger partial charge < -0.3 is 0 Å². The molecule has 0 aliphatic rings. The SMILES string of the molecule is Cn1ncc2c(-c3cn[nH]c3)cncc21. The van der Waals surface area contributed by atoms with E-state index < -0.39 is 0 Å². The van der Waals surface area contributed by atoms with Crippen molar-refractivity contribution in [2.45, 2.75) is 0 Å². The van der Waals surface area contributed by atoms with Crippen LogP contribution in [0.2, 0.25) is 0 Å². The Morgan fingerprint density at radius 1 is 1.20 bits per heavy atom. The van der Waals surface area contributed by atoms with Gasteiger partial charge in [0.1, 0.15) is 0 Å². The zero-order chi connectivity index (χ0) is 10.3. The third kappa shape index (κ3) is 1.13. The van der Waals surface area contributed by atoms with Crippen LogP contribution in [0.15, 0.2) is 31.0 Å². The van der Waals surface area contributed by atoms with E-state index in [4.69, 9.17) is 0 Å². The van der Waals surface area contributed by atoms with Crippen molar-refractivity contribution in [2.75, 3.05) is 0 Å². The van der Waals surface area contributed by atoms with E-state index in [9.17, 15) is 0 Å². The molecule has 0 aliphatic heterocycles. The number of pyridine rings is 1. The third-order valence-corrected chi connectivity index (χ3v) is 2.48. The molecule has 5 heteroatoms. The minimum Gasteiger partial charge on any atom is -0.285 e. The number of rotatable bonds is 1. The molecule has 0 fully saturated rings. The van der Waals surface area contributed by atoms with Gasteiger partial charge in [0, 0.05) is 36.0 Å². The molecule has 0 saturated carbocycles. The highest BCUT2D eigenvalue weighted by atomic mass is 15.2. The minimum absolute atomic E-state index is 1.02. The summed E-state index contributed by atoms with van der Waals surface area (Å²) in [4.78, 5) is 4.20. The Balaban J connectivity index is 2.36. The molecular formula is C10H9N5. The highest BCUT2D eigenvalue weighted by molar-refractivity contribution is 5.93. The van der Waals surface area contributed by atoms with Gasteiger partial charge in [-0.25, -0.2) is 0 Å². The average Bonchev–Trinajstić information content (AvgIpc) is 2.88. The van der Waals surface area contributed by atoms with Crippen molar-refractivity contribution >= 4 is 10.9 Å². The fraction of sp³-hybridized carbons (Fsp3) is 0.100.